The third-order valence-corrected chi connectivity index (χ3v) is 8.16. The zero-order valence-corrected chi connectivity index (χ0v) is 25.6. The van der Waals surface area contributed by atoms with Crippen LogP contribution in [0.5, 0.6) is 5.75 Å². The Morgan fingerprint density at radius 3 is 2.33 bits per heavy atom. The number of aromatic amines is 2. The average molecular weight is 609 g/mol. The molecule has 0 atom stereocenters. The summed E-state index contributed by atoms with van der Waals surface area (Å²) in [5.41, 5.74) is 12.3. The number of nitrogens with zero attached hydrogens (tertiary/aromatic N) is 4. The molecule has 0 radical (unpaired) electrons. The molecule has 1 amide bonds. The maximum atomic E-state index is 12.0. The van der Waals surface area contributed by atoms with Crippen molar-refractivity contribution < 1.29 is 14.3 Å². The molecule has 0 unspecified atom stereocenters. The van der Waals surface area contributed by atoms with Gasteiger partial charge in [0.25, 0.3) is 0 Å². The van der Waals surface area contributed by atoms with E-state index >= 15 is 0 Å². The summed E-state index contributed by atoms with van der Waals surface area (Å²) >= 11 is 0. The molecule has 0 saturated carbocycles. The van der Waals surface area contributed by atoms with Gasteiger partial charge in [-0.05, 0) is 75.0 Å². The summed E-state index contributed by atoms with van der Waals surface area (Å²) in [5, 5.41) is 2.66. The Bertz CT molecular complexity index is 1790. The monoisotopic (exact) mass is 608 g/mol. The summed E-state index contributed by atoms with van der Waals surface area (Å²) in [7, 11) is 2.17. The number of nitrogens with one attached hydrogen (secondary N) is 3. The Morgan fingerprint density at radius 1 is 0.867 bits per heavy atom. The number of Topliss-reactive ketones (excluding diaryl/α,β-unsaturated/α-hetero) is 1. The molecular formula is C34H40N8O3. The number of amides is 1. The van der Waals surface area contributed by atoms with Crippen molar-refractivity contribution in [2.75, 3.05) is 57.8 Å². The summed E-state index contributed by atoms with van der Waals surface area (Å²) in [6, 6.07) is 20.3. The highest BCUT2D eigenvalue weighted by Gasteiger charge is 2.16. The molecule has 0 aliphatic carbocycles. The lowest BCUT2D eigenvalue weighted by molar-refractivity contribution is -0.125. The molecule has 2 aromatic heterocycles. The first-order chi connectivity index (χ1) is 21.9. The highest BCUT2D eigenvalue weighted by Crippen LogP contribution is 2.29. The lowest BCUT2D eigenvalue weighted by atomic mass is 10.2. The average Bonchev–Trinajstić information content (AvgIpc) is 3.69. The quantitative estimate of drug-likeness (QED) is 0.146. The molecule has 3 aromatic carbocycles. The summed E-state index contributed by atoms with van der Waals surface area (Å²) < 4.78 is 5.91. The fourth-order valence-corrected chi connectivity index (χ4v) is 5.52. The van der Waals surface area contributed by atoms with Gasteiger partial charge in [-0.25, -0.2) is 9.97 Å². The van der Waals surface area contributed by atoms with Crippen LogP contribution in [0.25, 0.3) is 44.8 Å². The van der Waals surface area contributed by atoms with Gasteiger partial charge in [-0.15, -0.1) is 0 Å². The van der Waals surface area contributed by atoms with Crippen molar-refractivity contribution >= 4 is 39.4 Å². The van der Waals surface area contributed by atoms with Crippen LogP contribution in [-0.4, -0.2) is 89.4 Å². The van der Waals surface area contributed by atoms with Crippen molar-refractivity contribution in [3.05, 3.63) is 60.7 Å². The standard InChI is InChI=1S/C34H40N8O3/c1-41-14-16-42(17-15-41)25-10-12-29-31(21-25)40-34(38-29)24-9-11-28-30(20-24)39-33(37-28)23-5-2-7-27(19-23)45-18-4-8-32(44)36-22-26(43)6-3-13-35/h2,5,7,9-12,19-21H,3-4,6,8,13-18,22,35H2,1H3,(H,36,44)(H,37,39)(H,38,40). The van der Waals surface area contributed by atoms with Crippen molar-refractivity contribution in [3.8, 4) is 28.5 Å². The molecule has 3 heterocycles. The number of carbonyl (C=O) groups is 2. The number of benzene rings is 3. The minimum Gasteiger partial charge on any atom is -0.494 e. The molecule has 1 aliphatic rings. The van der Waals surface area contributed by atoms with E-state index in [9.17, 15) is 9.59 Å². The first kappa shape index (κ1) is 30.3. The van der Waals surface area contributed by atoms with Crippen LogP contribution in [0.4, 0.5) is 5.69 Å². The number of hydrogen-bond acceptors (Lipinski definition) is 8. The SMILES string of the molecule is CN1CCN(c2ccc3nc(-c4ccc5nc(-c6cccc(OCCCC(=O)NCC(=O)CCCN)c6)[nH]c5c4)[nH]c3c2)CC1. The first-order valence-electron chi connectivity index (χ1n) is 15.6. The van der Waals surface area contributed by atoms with E-state index in [1.165, 1.54) is 5.69 Å². The Balaban J connectivity index is 1.07. The molecule has 45 heavy (non-hydrogen) atoms. The van der Waals surface area contributed by atoms with Gasteiger partial charge in [-0.1, -0.05) is 12.1 Å². The van der Waals surface area contributed by atoms with E-state index in [2.05, 4.69) is 56.4 Å². The van der Waals surface area contributed by atoms with E-state index in [1.807, 2.05) is 36.4 Å². The second-order valence-corrected chi connectivity index (χ2v) is 11.6. The second kappa shape index (κ2) is 13.9. The van der Waals surface area contributed by atoms with Gasteiger partial charge in [-0.2, -0.15) is 0 Å². The van der Waals surface area contributed by atoms with Crippen LogP contribution in [0, 0.1) is 0 Å². The fraction of sp³-hybridized carbons (Fsp3) is 0.353. The number of anilines is 1. The number of ketones is 1. The van der Waals surface area contributed by atoms with Gasteiger partial charge in [0, 0.05) is 55.8 Å². The van der Waals surface area contributed by atoms with Gasteiger partial charge >= 0.3 is 0 Å². The van der Waals surface area contributed by atoms with Crippen LogP contribution in [0.3, 0.4) is 0 Å². The van der Waals surface area contributed by atoms with Gasteiger partial charge < -0.3 is 35.6 Å². The number of piperazine rings is 1. The molecule has 5 N–H and O–H groups in total. The van der Waals surface area contributed by atoms with E-state index in [1.54, 1.807) is 0 Å². The minimum atomic E-state index is -0.159. The maximum absolute atomic E-state index is 12.0. The highest BCUT2D eigenvalue weighted by atomic mass is 16.5. The number of rotatable bonds is 13. The van der Waals surface area contributed by atoms with Crippen molar-refractivity contribution in [3.63, 3.8) is 0 Å². The number of aromatic nitrogens is 4. The number of ether oxygens (including phenoxy) is 1. The van der Waals surface area contributed by atoms with Crippen molar-refractivity contribution in [1.29, 1.82) is 0 Å². The Hall–Kier alpha value is -4.74. The molecular weight excluding hydrogens is 568 g/mol. The fourth-order valence-electron chi connectivity index (χ4n) is 5.52. The Labute approximate surface area is 262 Å². The Kier molecular flexibility index (Phi) is 9.37. The molecule has 11 heteroatoms. The predicted octanol–water partition coefficient (Wildman–Crippen LogP) is 4.11. The molecule has 1 fully saturated rings. The van der Waals surface area contributed by atoms with E-state index in [0.29, 0.717) is 44.6 Å². The summed E-state index contributed by atoms with van der Waals surface area (Å²) in [4.78, 5) is 45.2. The van der Waals surface area contributed by atoms with E-state index in [4.69, 9.17) is 20.4 Å². The molecule has 1 saturated heterocycles. The minimum absolute atomic E-state index is 0.00604. The highest BCUT2D eigenvalue weighted by molar-refractivity contribution is 5.87. The largest absolute Gasteiger partial charge is 0.494 e. The summed E-state index contributed by atoms with van der Waals surface area (Å²) in [6.07, 6.45) is 1.86. The third-order valence-electron chi connectivity index (χ3n) is 8.16. The lowest BCUT2D eigenvalue weighted by Gasteiger charge is -2.34. The van der Waals surface area contributed by atoms with E-state index in [-0.39, 0.29) is 18.2 Å². The zero-order chi connectivity index (χ0) is 31.2. The zero-order valence-electron chi connectivity index (χ0n) is 25.6. The number of H-pyrrole nitrogens is 2. The van der Waals surface area contributed by atoms with Crippen molar-refractivity contribution in [2.45, 2.75) is 25.7 Å². The molecule has 234 valence electrons. The van der Waals surface area contributed by atoms with Crippen LogP contribution in [0.2, 0.25) is 0 Å². The van der Waals surface area contributed by atoms with Crippen LogP contribution < -0.4 is 20.7 Å². The molecule has 11 nitrogen and oxygen atoms in total. The molecule has 0 spiro atoms. The van der Waals surface area contributed by atoms with Gasteiger partial charge in [0.1, 0.15) is 17.4 Å². The number of carbonyl (C=O) groups excluding carboxylic acids is 2. The summed E-state index contributed by atoms with van der Waals surface area (Å²) in [6.45, 7) is 5.09. The first-order valence-corrected chi connectivity index (χ1v) is 15.6. The normalized spacial score (nSPS) is 13.9. The molecule has 1 aliphatic heterocycles. The van der Waals surface area contributed by atoms with Crippen LogP contribution in [-0.2, 0) is 9.59 Å². The molecule has 5 aromatic rings. The summed E-state index contributed by atoms with van der Waals surface area (Å²) in [5.74, 6) is 2.10. The van der Waals surface area contributed by atoms with Gasteiger partial charge in [0.2, 0.25) is 5.91 Å². The van der Waals surface area contributed by atoms with Gasteiger partial charge in [0.15, 0.2) is 5.78 Å². The van der Waals surface area contributed by atoms with Gasteiger partial charge in [0.05, 0.1) is 35.2 Å². The molecule has 6 rings (SSSR count). The van der Waals surface area contributed by atoms with Crippen molar-refractivity contribution in [1.82, 2.24) is 30.2 Å². The molecule has 0 bridgehead atoms. The third kappa shape index (κ3) is 7.50. The number of nitrogens with two attached hydrogens (primary N) is 1. The second-order valence-electron chi connectivity index (χ2n) is 11.6. The van der Waals surface area contributed by atoms with Gasteiger partial charge in [-0.3, -0.25) is 9.59 Å². The topological polar surface area (TPSA) is 145 Å². The maximum Gasteiger partial charge on any atom is 0.220 e. The number of hydrogen-bond donors (Lipinski definition) is 4. The number of likely N-dealkylation sites (N-methyl/N-ethyl adjacent to an activating group) is 1. The van der Waals surface area contributed by atoms with E-state index in [0.717, 1.165) is 71.0 Å². The lowest BCUT2D eigenvalue weighted by Crippen LogP contribution is -2.44. The van der Waals surface area contributed by atoms with Crippen LogP contribution in [0.15, 0.2) is 60.7 Å². The van der Waals surface area contributed by atoms with Crippen LogP contribution in [0.1, 0.15) is 25.7 Å². The van der Waals surface area contributed by atoms with E-state index < -0.39 is 0 Å². The van der Waals surface area contributed by atoms with Crippen molar-refractivity contribution in [2.24, 2.45) is 5.73 Å². The van der Waals surface area contributed by atoms with Crippen LogP contribution >= 0.6 is 0 Å². The number of imidazole rings is 2. The smallest absolute Gasteiger partial charge is 0.220 e. The predicted molar refractivity (Wildman–Crippen MR) is 177 cm³/mol. The Morgan fingerprint density at radius 2 is 1.58 bits per heavy atom. The number of fused-ring (bicyclic) bond motifs is 2.